The van der Waals surface area contributed by atoms with E-state index < -0.39 is 10.0 Å². The number of aryl methyl sites for hydroxylation is 1. The van der Waals surface area contributed by atoms with Crippen LogP contribution in [0.4, 0.5) is 0 Å². The Morgan fingerprint density at radius 3 is 2.82 bits per heavy atom. The molecule has 1 saturated heterocycles. The van der Waals surface area contributed by atoms with E-state index in [4.69, 9.17) is 11.6 Å². The molecular weight excluding hydrogens is 278 g/mol. The molecule has 0 amide bonds. The smallest absolute Gasteiger partial charge is 0.207 e. The van der Waals surface area contributed by atoms with Gasteiger partial charge in [0.05, 0.1) is 5.88 Å². The van der Waals surface area contributed by atoms with E-state index >= 15 is 0 Å². The van der Waals surface area contributed by atoms with Crippen molar-refractivity contribution in [3.8, 4) is 0 Å². The second-order valence-electron chi connectivity index (χ2n) is 4.41. The molecule has 2 heterocycles. The highest BCUT2D eigenvalue weighted by molar-refractivity contribution is 7.89. The van der Waals surface area contributed by atoms with E-state index in [1.54, 1.807) is 4.31 Å². The van der Waals surface area contributed by atoms with E-state index in [0.29, 0.717) is 11.4 Å². The van der Waals surface area contributed by atoms with Gasteiger partial charge in [0.15, 0.2) is 0 Å². The summed E-state index contributed by atoms with van der Waals surface area (Å²) in [5.74, 6) is 0.259. The lowest BCUT2D eigenvalue weighted by atomic mass is 10.3. The van der Waals surface area contributed by atoms with Crippen molar-refractivity contribution < 1.29 is 8.42 Å². The van der Waals surface area contributed by atoms with Crippen molar-refractivity contribution in [1.29, 1.82) is 0 Å². The molecule has 1 atom stereocenters. The van der Waals surface area contributed by atoms with E-state index in [0.717, 1.165) is 23.3 Å². The Morgan fingerprint density at radius 1 is 1.59 bits per heavy atom. The number of alkyl halides is 1. The lowest BCUT2D eigenvalue weighted by molar-refractivity contribution is 0.408. The summed E-state index contributed by atoms with van der Waals surface area (Å²) in [5, 5.41) is 1.87. The van der Waals surface area contributed by atoms with Crippen LogP contribution in [0.15, 0.2) is 10.3 Å². The normalized spacial score (nSPS) is 22.2. The molecule has 0 N–H and O–H groups in total. The van der Waals surface area contributed by atoms with Crippen LogP contribution in [0.25, 0.3) is 0 Å². The molecule has 3 nitrogen and oxygen atoms in total. The monoisotopic (exact) mass is 293 g/mol. The molecular formula is C11H16ClNO2S2. The van der Waals surface area contributed by atoms with Crippen molar-refractivity contribution in [2.24, 2.45) is 0 Å². The zero-order valence-electron chi connectivity index (χ0n) is 9.94. The summed E-state index contributed by atoms with van der Waals surface area (Å²) in [7, 11) is -3.36. The first-order valence-corrected chi connectivity index (χ1v) is 8.48. The summed E-state index contributed by atoms with van der Waals surface area (Å²) in [5.41, 5.74) is 0.810. The number of thiophene rings is 1. The van der Waals surface area contributed by atoms with Crippen LogP contribution in [0.3, 0.4) is 0 Å². The number of sulfonamides is 1. The third-order valence-corrected chi connectivity index (χ3v) is 7.07. The fourth-order valence-corrected chi connectivity index (χ4v) is 6.02. The van der Waals surface area contributed by atoms with Crippen molar-refractivity contribution >= 4 is 33.0 Å². The highest BCUT2D eigenvalue weighted by atomic mass is 35.5. The van der Waals surface area contributed by atoms with E-state index in [9.17, 15) is 8.42 Å². The molecule has 0 aromatic carbocycles. The SMILES string of the molecule is Cc1csc(CCl)c1S(=O)(=O)N1CCCC1C. The Labute approximate surface area is 111 Å². The van der Waals surface area contributed by atoms with Crippen molar-refractivity contribution in [1.82, 2.24) is 4.31 Å². The lowest BCUT2D eigenvalue weighted by Crippen LogP contribution is -2.34. The van der Waals surface area contributed by atoms with Gasteiger partial charge in [0, 0.05) is 17.5 Å². The van der Waals surface area contributed by atoms with Crippen LogP contribution in [-0.2, 0) is 15.9 Å². The fourth-order valence-electron chi connectivity index (χ4n) is 2.31. The van der Waals surface area contributed by atoms with Crippen molar-refractivity contribution in [2.45, 2.75) is 43.5 Å². The molecule has 96 valence electrons. The van der Waals surface area contributed by atoms with Crippen LogP contribution in [0, 0.1) is 6.92 Å². The molecule has 1 fully saturated rings. The van der Waals surface area contributed by atoms with Crippen LogP contribution in [0.2, 0.25) is 0 Å². The van der Waals surface area contributed by atoms with Gasteiger partial charge in [-0.1, -0.05) is 0 Å². The molecule has 1 unspecified atom stereocenters. The second kappa shape index (κ2) is 4.88. The average molecular weight is 294 g/mol. The molecule has 1 aromatic heterocycles. The topological polar surface area (TPSA) is 37.4 Å². The maximum atomic E-state index is 12.6. The standard InChI is InChI=1S/C11H16ClNO2S2/c1-8-7-16-10(6-12)11(8)17(14,15)13-5-3-4-9(13)2/h7,9H,3-6H2,1-2H3. The zero-order valence-corrected chi connectivity index (χ0v) is 12.3. The Balaban J connectivity index is 2.47. The molecule has 1 aliphatic heterocycles. The zero-order chi connectivity index (χ0) is 12.6. The van der Waals surface area contributed by atoms with Gasteiger partial charge in [-0.15, -0.1) is 22.9 Å². The van der Waals surface area contributed by atoms with Gasteiger partial charge in [-0.3, -0.25) is 0 Å². The van der Waals surface area contributed by atoms with Gasteiger partial charge in [-0.2, -0.15) is 4.31 Å². The molecule has 1 aromatic rings. The van der Waals surface area contributed by atoms with Crippen LogP contribution >= 0.6 is 22.9 Å². The number of nitrogens with zero attached hydrogens (tertiary/aromatic N) is 1. The summed E-state index contributed by atoms with van der Waals surface area (Å²) in [6.07, 6.45) is 1.89. The largest absolute Gasteiger partial charge is 0.244 e. The minimum absolute atomic E-state index is 0.0995. The van der Waals surface area contributed by atoms with Gasteiger partial charge >= 0.3 is 0 Å². The van der Waals surface area contributed by atoms with Crippen LogP contribution in [0.1, 0.15) is 30.2 Å². The molecule has 1 aliphatic rings. The minimum atomic E-state index is -3.36. The summed E-state index contributed by atoms with van der Waals surface area (Å²) in [6, 6.07) is 0.0995. The molecule has 17 heavy (non-hydrogen) atoms. The van der Waals surface area contributed by atoms with Crippen LogP contribution in [-0.4, -0.2) is 25.3 Å². The molecule has 6 heteroatoms. The van der Waals surface area contributed by atoms with Gasteiger partial charge in [-0.25, -0.2) is 8.42 Å². The van der Waals surface area contributed by atoms with Crippen LogP contribution < -0.4 is 0 Å². The van der Waals surface area contributed by atoms with Gasteiger partial charge in [-0.05, 0) is 37.6 Å². The maximum absolute atomic E-state index is 12.6. The predicted molar refractivity (Wildman–Crippen MR) is 71.2 cm³/mol. The summed E-state index contributed by atoms with van der Waals surface area (Å²) in [4.78, 5) is 1.19. The Kier molecular flexibility index (Phi) is 3.83. The number of hydrogen-bond donors (Lipinski definition) is 0. The first-order chi connectivity index (χ1) is 7.98. The van der Waals surface area contributed by atoms with Crippen molar-refractivity contribution in [3.05, 3.63) is 15.8 Å². The van der Waals surface area contributed by atoms with E-state index in [1.807, 2.05) is 19.2 Å². The highest BCUT2D eigenvalue weighted by Gasteiger charge is 2.35. The van der Waals surface area contributed by atoms with Gasteiger partial charge in [0.25, 0.3) is 0 Å². The summed E-state index contributed by atoms with van der Waals surface area (Å²) in [6.45, 7) is 4.42. The van der Waals surface area contributed by atoms with Gasteiger partial charge < -0.3 is 0 Å². The maximum Gasteiger partial charge on any atom is 0.244 e. The number of halogens is 1. The first-order valence-electron chi connectivity index (χ1n) is 5.63. The molecule has 2 rings (SSSR count). The molecule has 0 saturated carbocycles. The molecule has 0 radical (unpaired) electrons. The van der Waals surface area contributed by atoms with Crippen LogP contribution in [0.5, 0.6) is 0 Å². The summed E-state index contributed by atoms with van der Waals surface area (Å²) < 4.78 is 26.8. The van der Waals surface area contributed by atoms with Gasteiger partial charge in [0.2, 0.25) is 10.0 Å². The molecule has 0 bridgehead atoms. The highest BCUT2D eigenvalue weighted by Crippen LogP contribution is 2.33. The van der Waals surface area contributed by atoms with E-state index in [2.05, 4.69) is 0 Å². The quantitative estimate of drug-likeness (QED) is 0.804. The Hall–Kier alpha value is -0.100. The van der Waals surface area contributed by atoms with Crippen molar-refractivity contribution in [3.63, 3.8) is 0 Å². The molecule has 0 spiro atoms. The number of hydrogen-bond acceptors (Lipinski definition) is 3. The number of rotatable bonds is 3. The minimum Gasteiger partial charge on any atom is -0.207 e. The third kappa shape index (κ3) is 2.26. The fraction of sp³-hybridized carbons (Fsp3) is 0.636. The Morgan fingerprint density at radius 2 is 2.29 bits per heavy atom. The first kappa shape index (κ1) is 13.3. The second-order valence-corrected chi connectivity index (χ2v) is 7.47. The van der Waals surface area contributed by atoms with Crippen molar-refractivity contribution in [2.75, 3.05) is 6.54 Å². The predicted octanol–water partition coefficient (Wildman–Crippen LogP) is 2.97. The van der Waals surface area contributed by atoms with E-state index in [1.165, 1.54) is 11.3 Å². The molecule has 0 aliphatic carbocycles. The average Bonchev–Trinajstić information content (AvgIpc) is 2.84. The third-order valence-electron chi connectivity index (χ3n) is 3.17. The van der Waals surface area contributed by atoms with Gasteiger partial charge in [0.1, 0.15) is 4.90 Å². The Bertz CT molecular complexity index is 510. The lowest BCUT2D eigenvalue weighted by Gasteiger charge is -2.21. The van der Waals surface area contributed by atoms with E-state index in [-0.39, 0.29) is 11.9 Å². The summed E-state index contributed by atoms with van der Waals surface area (Å²) >= 11 is 7.25.